The summed E-state index contributed by atoms with van der Waals surface area (Å²) in [5.41, 5.74) is 0. The molecule has 3 nitrogen and oxygen atoms in total. The van der Waals surface area contributed by atoms with Crippen LogP contribution < -0.4 is 0 Å². The van der Waals surface area contributed by atoms with Crippen molar-refractivity contribution in [3.63, 3.8) is 0 Å². The minimum absolute atomic E-state index is 0.153. The molecule has 0 radical (unpaired) electrons. The minimum Gasteiger partial charge on any atom is -0.481 e. The molecule has 0 aromatic carbocycles. The molecule has 1 N–H and O–H groups in total. The van der Waals surface area contributed by atoms with Crippen LogP contribution in [0.5, 0.6) is 0 Å². The number of piperidine rings is 1. The van der Waals surface area contributed by atoms with Gasteiger partial charge in [-0.15, -0.1) is 0 Å². The van der Waals surface area contributed by atoms with Gasteiger partial charge in [0.25, 0.3) is 0 Å². The predicted octanol–water partition coefficient (Wildman–Crippen LogP) is 2.53. The lowest BCUT2D eigenvalue weighted by Crippen LogP contribution is -2.39. The molecule has 1 fully saturated rings. The summed E-state index contributed by atoms with van der Waals surface area (Å²) in [6, 6.07) is 0.630. The number of likely N-dealkylation sites (tertiary alicyclic amines) is 1. The van der Waals surface area contributed by atoms with Crippen molar-refractivity contribution in [3.05, 3.63) is 12.2 Å². The fraction of sp³-hybridized carbons (Fsp3) is 0.769. The maximum Gasteiger partial charge on any atom is 0.307 e. The summed E-state index contributed by atoms with van der Waals surface area (Å²) < 4.78 is 0. The summed E-state index contributed by atoms with van der Waals surface area (Å²) in [6.07, 6.45) is 7.53. The molecule has 1 heterocycles. The number of carboxylic acid groups (broad SMARTS) is 1. The number of carboxylic acids is 1. The van der Waals surface area contributed by atoms with Crippen LogP contribution in [-0.2, 0) is 4.79 Å². The Morgan fingerprint density at radius 1 is 1.50 bits per heavy atom. The lowest BCUT2D eigenvalue weighted by Gasteiger charge is -2.35. The van der Waals surface area contributed by atoms with E-state index in [4.69, 9.17) is 5.11 Å². The van der Waals surface area contributed by atoms with Crippen molar-refractivity contribution < 1.29 is 9.90 Å². The van der Waals surface area contributed by atoms with Crippen molar-refractivity contribution in [2.24, 2.45) is 5.92 Å². The first kappa shape index (κ1) is 13.2. The smallest absolute Gasteiger partial charge is 0.307 e. The fourth-order valence-corrected chi connectivity index (χ4v) is 2.23. The maximum absolute atomic E-state index is 10.3. The highest BCUT2D eigenvalue weighted by molar-refractivity contribution is 5.68. The van der Waals surface area contributed by atoms with Crippen molar-refractivity contribution in [2.45, 2.75) is 45.6 Å². The molecule has 1 atom stereocenters. The van der Waals surface area contributed by atoms with E-state index in [0.29, 0.717) is 12.0 Å². The van der Waals surface area contributed by atoms with E-state index in [-0.39, 0.29) is 6.42 Å². The lowest BCUT2D eigenvalue weighted by atomic mass is 9.94. The Hall–Kier alpha value is -0.830. The maximum atomic E-state index is 10.3. The highest BCUT2D eigenvalue weighted by Gasteiger charge is 2.20. The van der Waals surface area contributed by atoms with E-state index in [0.717, 1.165) is 13.0 Å². The van der Waals surface area contributed by atoms with Gasteiger partial charge in [0, 0.05) is 12.6 Å². The number of hydrogen-bond donors (Lipinski definition) is 1. The standard InChI is InChI=1S/C13H23NO2/c1-11(2)14-9-5-7-12(10-14)6-3-4-8-13(15)16/h3-4,11-12H,5-10H2,1-2H3,(H,15,16)/b4-3-. The van der Waals surface area contributed by atoms with Crippen LogP contribution in [0.1, 0.15) is 39.5 Å². The summed E-state index contributed by atoms with van der Waals surface area (Å²) in [5, 5.41) is 8.51. The van der Waals surface area contributed by atoms with Gasteiger partial charge in [0.05, 0.1) is 6.42 Å². The highest BCUT2D eigenvalue weighted by atomic mass is 16.4. The molecule has 0 aromatic heterocycles. The van der Waals surface area contributed by atoms with Gasteiger partial charge in [-0.05, 0) is 45.6 Å². The second kappa shape index (κ2) is 6.69. The van der Waals surface area contributed by atoms with E-state index in [9.17, 15) is 4.79 Å². The summed E-state index contributed by atoms with van der Waals surface area (Å²) in [4.78, 5) is 12.8. The second-order valence-electron chi connectivity index (χ2n) is 4.90. The molecular formula is C13H23NO2. The van der Waals surface area contributed by atoms with Crippen LogP contribution in [0.4, 0.5) is 0 Å². The van der Waals surface area contributed by atoms with Gasteiger partial charge in [0.15, 0.2) is 0 Å². The van der Waals surface area contributed by atoms with Crippen LogP contribution in [0.25, 0.3) is 0 Å². The third-order valence-electron chi connectivity index (χ3n) is 3.21. The molecule has 0 amide bonds. The Morgan fingerprint density at radius 3 is 2.88 bits per heavy atom. The molecule has 1 rings (SSSR count). The van der Waals surface area contributed by atoms with Crippen molar-refractivity contribution >= 4 is 5.97 Å². The Morgan fingerprint density at radius 2 is 2.25 bits per heavy atom. The number of allylic oxidation sites excluding steroid dienone is 1. The average Bonchev–Trinajstić information content (AvgIpc) is 2.24. The zero-order valence-electron chi connectivity index (χ0n) is 10.4. The third-order valence-corrected chi connectivity index (χ3v) is 3.21. The van der Waals surface area contributed by atoms with Crippen LogP contribution in [0.2, 0.25) is 0 Å². The van der Waals surface area contributed by atoms with Crippen LogP contribution in [0.3, 0.4) is 0 Å². The van der Waals surface area contributed by atoms with E-state index in [1.807, 2.05) is 6.08 Å². The molecule has 1 unspecified atom stereocenters. The van der Waals surface area contributed by atoms with Crippen molar-refractivity contribution in [1.82, 2.24) is 4.90 Å². The summed E-state index contributed by atoms with van der Waals surface area (Å²) >= 11 is 0. The van der Waals surface area contributed by atoms with Crippen molar-refractivity contribution in [3.8, 4) is 0 Å². The summed E-state index contributed by atoms with van der Waals surface area (Å²) in [7, 11) is 0. The molecule has 16 heavy (non-hydrogen) atoms. The van der Waals surface area contributed by atoms with E-state index in [2.05, 4.69) is 18.7 Å². The molecule has 0 saturated carbocycles. The number of hydrogen-bond acceptors (Lipinski definition) is 2. The predicted molar refractivity (Wildman–Crippen MR) is 65.4 cm³/mol. The average molecular weight is 225 g/mol. The van der Waals surface area contributed by atoms with Gasteiger partial charge in [-0.25, -0.2) is 0 Å². The molecule has 92 valence electrons. The van der Waals surface area contributed by atoms with E-state index in [1.54, 1.807) is 6.08 Å². The van der Waals surface area contributed by atoms with Gasteiger partial charge in [-0.3, -0.25) is 4.79 Å². The first-order valence-corrected chi connectivity index (χ1v) is 6.20. The molecule has 0 spiro atoms. The molecule has 1 saturated heterocycles. The Balaban J connectivity index is 2.26. The van der Waals surface area contributed by atoms with Gasteiger partial charge < -0.3 is 10.0 Å². The molecule has 1 aliphatic rings. The summed E-state index contributed by atoms with van der Waals surface area (Å²) in [6.45, 7) is 6.85. The Bertz CT molecular complexity index is 248. The van der Waals surface area contributed by atoms with Crippen LogP contribution in [-0.4, -0.2) is 35.1 Å². The number of nitrogens with zero attached hydrogens (tertiary/aromatic N) is 1. The van der Waals surface area contributed by atoms with E-state index >= 15 is 0 Å². The SMILES string of the molecule is CC(C)N1CCCC(C/C=C\CC(=O)O)C1. The van der Waals surface area contributed by atoms with Crippen LogP contribution in [0.15, 0.2) is 12.2 Å². The first-order chi connectivity index (χ1) is 7.59. The number of rotatable bonds is 5. The third kappa shape index (κ3) is 4.79. The lowest BCUT2D eigenvalue weighted by molar-refractivity contribution is -0.136. The van der Waals surface area contributed by atoms with E-state index in [1.165, 1.54) is 19.4 Å². The zero-order chi connectivity index (χ0) is 12.0. The van der Waals surface area contributed by atoms with Gasteiger partial charge >= 0.3 is 5.97 Å². The largest absolute Gasteiger partial charge is 0.481 e. The zero-order valence-corrected chi connectivity index (χ0v) is 10.4. The van der Waals surface area contributed by atoms with Crippen molar-refractivity contribution in [1.29, 1.82) is 0 Å². The monoisotopic (exact) mass is 225 g/mol. The number of carbonyl (C=O) groups is 1. The van der Waals surface area contributed by atoms with Crippen LogP contribution in [0, 0.1) is 5.92 Å². The molecular weight excluding hydrogens is 202 g/mol. The van der Waals surface area contributed by atoms with Crippen molar-refractivity contribution in [2.75, 3.05) is 13.1 Å². The van der Waals surface area contributed by atoms with Gasteiger partial charge in [-0.2, -0.15) is 0 Å². The Kier molecular flexibility index (Phi) is 5.53. The molecule has 0 aliphatic carbocycles. The summed E-state index contributed by atoms with van der Waals surface area (Å²) in [5.74, 6) is -0.0371. The van der Waals surface area contributed by atoms with Gasteiger partial charge in [0.2, 0.25) is 0 Å². The number of aliphatic carboxylic acids is 1. The molecule has 1 aliphatic heterocycles. The topological polar surface area (TPSA) is 40.5 Å². The Labute approximate surface area is 98.1 Å². The van der Waals surface area contributed by atoms with Gasteiger partial charge in [0.1, 0.15) is 0 Å². The van der Waals surface area contributed by atoms with Crippen LogP contribution >= 0.6 is 0 Å². The molecule has 0 aromatic rings. The molecule has 0 bridgehead atoms. The highest BCUT2D eigenvalue weighted by Crippen LogP contribution is 2.21. The minimum atomic E-state index is -0.747. The normalized spacial score (nSPS) is 23.1. The van der Waals surface area contributed by atoms with Gasteiger partial charge in [-0.1, -0.05) is 12.2 Å². The molecule has 3 heteroatoms. The second-order valence-corrected chi connectivity index (χ2v) is 4.90. The first-order valence-electron chi connectivity index (χ1n) is 6.20. The quantitative estimate of drug-likeness (QED) is 0.731. The fourth-order valence-electron chi connectivity index (χ4n) is 2.23. The van der Waals surface area contributed by atoms with E-state index < -0.39 is 5.97 Å².